The number of amides is 1. The fraction of sp³-hybridized carbons (Fsp3) is 0.900. The van der Waals surface area contributed by atoms with Crippen LogP contribution in [-0.2, 0) is 0 Å². The fourth-order valence-corrected chi connectivity index (χ4v) is 2.19. The number of hydrogen-bond acceptors (Lipinski definition) is 2. The minimum Gasteiger partial charge on any atom is -0.435 e. The minimum atomic E-state index is -0.664. The summed E-state index contributed by atoms with van der Waals surface area (Å²) in [7, 11) is 0. The Morgan fingerprint density at radius 2 is 2.14 bits per heavy atom. The second-order valence-corrected chi connectivity index (χ2v) is 4.55. The molecule has 1 aliphatic rings. The van der Waals surface area contributed by atoms with E-state index in [0.29, 0.717) is 12.5 Å². The zero-order valence-electron chi connectivity index (χ0n) is 9.12. The number of carbonyl (C=O) groups is 1. The number of quaternary nitrogens is 1. The number of hydrogen-bond donors (Lipinski definition) is 2. The molecule has 1 aliphatic heterocycles. The van der Waals surface area contributed by atoms with Crippen molar-refractivity contribution in [3.8, 4) is 0 Å². The summed E-state index contributed by atoms with van der Waals surface area (Å²) < 4.78 is 0.241. The second-order valence-electron chi connectivity index (χ2n) is 4.55. The Morgan fingerprint density at radius 1 is 1.43 bits per heavy atom. The van der Waals surface area contributed by atoms with Gasteiger partial charge in [-0.1, -0.05) is 13.8 Å². The first-order valence-electron chi connectivity index (χ1n) is 5.37. The fourth-order valence-electron chi connectivity index (χ4n) is 2.19. The van der Waals surface area contributed by atoms with E-state index < -0.39 is 6.09 Å². The first-order chi connectivity index (χ1) is 6.57. The summed E-state index contributed by atoms with van der Waals surface area (Å²) in [5.74, 6) is 0.434. The summed E-state index contributed by atoms with van der Waals surface area (Å²) in [6.07, 6.45) is 0.293. The van der Waals surface area contributed by atoms with Crippen LogP contribution in [0.5, 0.6) is 0 Å². The Kier molecular flexibility index (Phi) is 3.89. The van der Waals surface area contributed by atoms with Crippen molar-refractivity contribution in [2.45, 2.75) is 20.3 Å². The van der Waals surface area contributed by atoms with Gasteiger partial charge in [-0.05, 0) is 0 Å². The van der Waals surface area contributed by atoms with Crippen molar-refractivity contribution in [3.05, 3.63) is 0 Å². The summed E-state index contributed by atoms with van der Waals surface area (Å²) >= 11 is 0. The topological polar surface area (TPSA) is 49.3 Å². The van der Waals surface area contributed by atoms with Gasteiger partial charge in [-0.3, -0.25) is 0 Å². The summed E-state index contributed by atoms with van der Waals surface area (Å²) in [5.41, 5.74) is 0. The Hall–Kier alpha value is -0.610. The third kappa shape index (κ3) is 2.69. The van der Waals surface area contributed by atoms with E-state index in [9.17, 15) is 9.90 Å². The smallest absolute Gasteiger partial charge is 0.435 e. The monoisotopic (exact) mass is 201 g/mol. The molecule has 2 N–H and O–H groups in total. The van der Waals surface area contributed by atoms with Crippen LogP contribution in [0.3, 0.4) is 0 Å². The third-order valence-electron chi connectivity index (χ3n) is 2.78. The predicted molar refractivity (Wildman–Crippen MR) is 55.2 cm³/mol. The molecule has 0 aromatic heterocycles. The summed E-state index contributed by atoms with van der Waals surface area (Å²) in [6.45, 7) is 8.16. The Morgan fingerprint density at radius 3 is 2.71 bits per heavy atom. The average Bonchev–Trinajstić information content (AvgIpc) is 2.29. The van der Waals surface area contributed by atoms with Crippen molar-refractivity contribution < 1.29 is 14.4 Å². The molecule has 0 aliphatic carbocycles. The SMILES string of the molecule is CC(C)C[N+]1(C(=O)O)CCCNCC1. The molecule has 1 unspecified atom stereocenters. The number of nitrogens with one attached hydrogen (secondary N) is 1. The molecule has 1 amide bonds. The normalized spacial score (nSPS) is 28.8. The molecule has 0 spiro atoms. The van der Waals surface area contributed by atoms with Crippen LogP contribution in [0.4, 0.5) is 4.79 Å². The molecule has 0 radical (unpaired) electrons. The number of rotatable bonds is 2. The van der Waals surface area contributed by atoms with E-state index in [0.717, 1.165) is 32.6 Å². The van der Waals surface area contributed by atoms with Crippen LogP contribution in [0.2, 0.25) is 0 Å². The summed E-state index contributed by atoms with van der Waals surface area (Å²) in [4.78, 5) is 11.3. The van der Waals surface area contributed by atoms with Gasteiger partial charge in [0.1, 0.15) is 6.54 Å². The van der Waals surface area contributed by atoms with Crippen LogP contribution in [0.1, 0.15) is 20.3 Å². The van der Waals surface area contributed by atoms with Crippen molar-refractivity contribution in [2.75, 3.05) is 32.7 Å². The zero-order chi connectivity index (χ0) is 10.6. The van der Waals surface area contributed by atoms with Gasteiger partial charge in [-0.15, -0.1) is 0 Å². The van der Waals surface area contributed by atoms with Gasteiger partial charge in [0.05, 0.1) is 13.1 Å². The molecule has 1 atom stereocenters. The molecule has 1 fully saturated rings. The Balaban J connectivity index is 2.72. The van der Waals surface area contributed by atoms with Crippen molar-refractivity contribution in [3.63, 3.8) is 0 Å². The van der Waals surface area contributed by atoms with Gasteiger partial charge in [0.2, 0.25) is 0 Å². The average molecular weight is 201 g/mol. The minimum absolute atomic E-state index is 0.241. The van der Waals surface area contributed by atoms with Crippen molar-refractivity contribution in [1.29, 1.82) is 0 Å². The molecule has 1 heterocycles. The van der Waals surface area contributed by atoms with Gasteiger partial charge < -0.3 is 10.4 Å². The molecular formula is C10H21N2O2+. The standard InChI is InChI=1S/C10H20N2O2/c1-9(2)8-12(10(13)14)6-3-4-11-5-7-12/h9,11H,3-8H2,1-2H3/p+1. The summed E-state index contributed by atoms with van der Waals surface area (Å²) in [5, 5.41) is 12.6. The van der Waals surface area contributed by atoms with Gasteiger partial charge in [-0.2, -0.15) is 4.79 Å². The Bertz CT molecular complexity index is 196. The molecule has 0 saturated carbocycles. The lowest BCUT2D eigenvalue weighted by molar-refractivity contribution is -0.858. The van der Waals surface area contributed by atoms with Crippen LogP contribution < -0.4 is 5.32 Å². The molecule has 0 aromatic rings. The Labute approximate surface area is 85.5 Å². The van der Waals surface area contributed by atoms with E-state index in [4.69, 9.17) is 0 Å². The van der Waals surface area contributed by atoms with Crippen molar-refractivity contribution in [1.82, 2.24) is 5.32 Å². The largest absolute Gasteiger partial charge is 0.513 e. The molecule has 82 valence electrons. The van der Waals surface area contributed by atoms with E-state index in [-0.39, 0.29) is 4.48 Å². The van der Waals surface area contributed by atoms with Gasteiger partial charge in [0, 0.05) is 25.4 Å². The number of nitrogens with zero attached hydrogens (tertiary/aromatic N) is 1. The molecule has 1 saturated heterocycles. The molecule has 14 heavy (non-hydrogen) atoms. The lowest BCUT2D eigenvalue weighted by Crippen LogP contribution is -2.55. The predicted octanol–water partition coefficient (Wildman–Crippen LogP) is 1.13. The quantitative estimate of drug-likeness (QED) is 0.658. The second kappa shape index (κ2) is 4.75. The van der Waals surface area contributed by atoms with E-state index >= 15 is 0 Å². The van der Waals surface area contributed by atoms with E-state index in [1.807, 2.05) is 0 Å². The first-order valence-corrected chi connectivity index (χ1v) is 5.37. The maximum atomic E-state index is 11.3. The van der Waals surface area contributed by atoms with E-state index in [1.165, 1.54) is 0 Å². The lowest BCUT2D eigenvalue weighted by Gasteiger charge is -2.32. The van der Waals surface area contributed by atoms with Crippen LogP contribution in [0.15, 0.2) is 0 Å². The highest BCUT2D eigenvalue weighted by Crippen LogP contribution is 2.14. The van der Waals surface area contributed by atoms with Crippen molar-refractivity contribution >= 4 is 6.09 Å². The molecule has 0 bridgehead atoms. The van der Waals surface area contributed by atoms with Crippen LogP contribution in [0.25, 0.3) is 0 Å². The molecule has 0 aromatic carbocycles. The van der Waals surface area contributed by atoms with Crippen LogP contribution in [0, 0.1) is 5.92 Å². The molecular weight excluding hydrogens is 180 g/mol. The molecule has 4 nitrogen and oxygen atoms in total. The van der Waals surface area contributed by atoms with E-state index in [2.05, 4.69) is 19.2 Å². The van der Waals surface area contributed by atoms with Gasteiger partial charge >= 0.3 is 6.09 Å². The zero-order valence-corrected chi connectivity index (χ0v) is 9.12. The molecule has 4 heteroatoms. The van der Waals surface area contributed by atoms with Gasteiger partial charge in [0.25, 0.3) is 0 Å². The van der Waals surface area contributed by atoms with Crippen LogP contribution >= 0.6 is 0 Å². The first kappa shape index (κ1) is 11.5. The lowest BCUT2D eigenvalue weighted by atomic mass is 10.1. The molecule has 1 rings (SSSR count). The summed E-state index contributed by atoms with van der Waals surface area (Å²) in [6, 6.07) is 0. The van der Waals surface area contributed by atoms with Gasteiger partial charge in [0.15, 0.2) is 0 Å². The highest BCUT2D eigenvalue weighted by atomic mass is 16.4. The highest BCUT2D eigenvalue weighted by molar-refractivity contribution is 5.56. The highest BCUT2D eigenvalue weighted by Gasteiger charge is 2.37. The van der Waals surface area contributed by atoms with Gasteiger partial charge in [-0.25, -0.2) is 4.48 Å². The maximum Gasteiger partial charge on any atom is 0.513 e. The maximum absolute atomic E-state index is 11.3. The van der Waals surface area contributed by atoms with Crippen LogP contribution in [-0.4, -0.2) is 48.4 Å². The van der Waals surface area contributed by atoms with E-state index in [1.54, 1.807) is 0 Å². The van der Waals surface area contributed by atoms with Crippen molar-refractivity contribution in [2.24, 2.45) is 5.92 Å². The number of carboxylic acid groups (broad SMARTS) is 1. The third-order valence-corrected chi connectivity index (χ3v) is 2.78.